The maximum absolute atomic E-state index is 11.3. The van der Waals surface area contributed by atoms with Crippen molar-refractivity contribution in [1.82, 2.24) is 4.90 Å². The predicted octanol–water partition coefficient (Wildman–Crippen LogP) is 3.58. The second-order valence-electron chi connectivity index (χ2n) is 7.37. The summed E-state index contributed by atoms with van der Waals surface area (Å²) < 4.78 is 11.8. The first-order valence-electron chi connectivity index (χ1n) is 9.74. The number of carbonyl (C=O) groups excluding carboxylic acids is 1. The summed E-state index contributed by atoms with van der Waals surface area (Å²) in [5.41, 5.74) is 0.596. The number of nitrogens with one attached hydrogen (secondary N) is 1. The Hall–Kier alpha value is -2.28. The lowest BCUT2D eigenvalue weighted by molar-refractivity contribution is -0.114. The first kappa shape index (κ1) is 21.4. The number of likely N-dealkylation sites (tertiary alicyclic amines) is 1. The van der Waals surface area contributed by atoms with Gasteiger partial charge in [0.1, 0.15) is 30.3 Å². The molecule has 7 heteroatoms. The van der Waals surface area contributed by atoms with Gasteiger partial charge in [0, 0.05) is 37.5 Å². The standard InChI is InChI=1S/C22H27ClN2O4/c1-15-11-20(29-19-9-7-17(23)8-10-19)13-25(15)12-18(27)14-28-22-6-4-3-5-21(22)24-16(2)26/h3-10,15,18,20,27H,11-14H2,1-2H3,(H,24,26)/t15-,18-,20+/m1/s1. The fourth-order valence-electron chi connectivity index (χ4n) is 3.49. The van der Waals surface area contributed by atoms with Gasteiger partial charge in [-0.1, -0.05) is 23.7 Å². The molecule has 0 spiro atoms. The monoisotopic (exact) mass is 418 g/mol. The van der Waals surface area contributed by atoms with Crippen molar-refractivity contribution in [2.45, 2.75) is 38.5 Å². The average molecular weight is 419 g/mol. The molecule has 1 saturated heterocycles. The van der Waals surface area contributed by atoms with Crippen molar-refractivity contribution in [2.24, 2.45) is 0 Å². The highest BCUT2D eigenvalue weighted by Crippen LogP contribution is 2.26. The Morgan fingerprint density at radius 2 is 2.00 bits per heavy atom. The number of anilines is 1. The zero-order valence-electron chi connectivity index (χ0n) is 16.7. The van der Waals surface area contributed by atoms with Crippen LogP contribution in [0.4, 0.5) is 5.69 Å². The lowest BCUT2D eigenvalue weighted by atomic mass is 10.2. The molecule has 2 aromatic carbocycles. The highest BCUT2D eigenvalue weighted by Gasteiger charge is 2.31. The van der Waals surface area contributed by atoms with Gasteiger partial charge in [0.25, 0.3) is 0 Å². The van der Waals surface area contributed by atoms with E-state index in [1.54, 1.807) is 12.1 Å². The molecule has 0 bridgehead atoms. The minimum absolute atomic E-state index is 0.0692. The molecule has 1 heterocycles. The molecular weight excluding hydrogens is 392 g/mol. The first-order valence-corrected chi connectivity index (χ1v) is 10.1. The minimum Gasteiger partial charge on any atom is -0.489 e. The number of amides is 1. The van der Waals surface area contributed by atoms with Crippen molar-refractivity contribution < 1.29 is 19.4 Å². The number of nitrogens with zero attached hydrogens (tertiary/aromatic N) is 1. The maximum atomic E-state index is 11.3. The summed E-state index contributed by atoms with van der Waals surface area (Å²) in [6.45, 7) is 4.95. The van der Waals surface area contributed by atoms with Crippen LogP contribution in [-0.2, 0) is 4.79 Å². The van der Waals surface area contributed by atoms with E-state index >= 15 is 0 Å². The summed E-state index contributed by atoms with van der Waals surface area (Å²) in [4.78, 5) is 13.5. The van der Waals surface area contributed by atoms with E-state index in [1.165, 1.54) is 6.92 Å². The van der Waals surface area contributed by atoms with Crippen LogP contribution < -0.4 is 14.8 Å². The summed E-state index contributed by atoms with van der Waals surface area (Å²) >= 11 is 5.92. The SMILES string of the molecule is CC(=O)Nc1ccccc1OC[C@H](O)CN1C[C@@H](Oc2ccc(Cl)cc2)C[C@H]1C. The summed E-state index contributed by atoms with van der Waals surface area (Å²) in [6.07, 6.45) is 0.304. The van der Waals surface area contributed by atoms with Crippen LogP contribution in [0.15, 0.2) is 48.5 Å². The molecule has 0 aromatic heterocycles. The van der Waals surface area contributed by atoms with Crippen LogP contribution >= 0.6 is 11.6 Å². The first-order chi connectivity index (χ1) is 13.9. The molecule has 1 fully saturated rings. The van der Waals surface area contributed by atoms with Gasteiger partial charge in [-0.25, -0.2) is 0 Å². The molecule has 3 atom stereocenters. The van der Waals surface area contributed by atoms with E-state index in [4.69, 9.17) is 21.1 Å². The number of aliphatic hydroxyl groups excluding tert-OH is 1. The molecule has 29 heavy (non-hydrogen) atoms. The topological polar surface area (TPSA) is 71.0 Å². The normalized spacial score (nSPS) is 20.3. The van der Waals surface area contributed by atoms with Crippen LogP contribution in [-0.4, -0.2) is 53.9 Å². The number of benzene rings is 2. The quantitative estimate of drug-likeness (QED) is 0.685. The Labute approximate surface area is 176 Å². The molecule has 3 rings (SSSR count). The van der Waals surface area contributed by atoms with E-state index in [0.717, 1.165) is 18.7 Å². The van der Waals surface area contributed by atoms with Crippen LogP contribution in [0.1, 0.15) is 20.3 Å². The van der Waals surface area contributed by atoms with Gasteiger partial charge in [0.2, 0.25) is 5.91 Å². The number of β-amino-alcohol motifs (C(OH)–C–C–N with tert-alkyl or cyclic N) is 1. The van der Waals surface area contributed by atoms with Gasteiger partial charge >= 0.3 is 0 Å². The molecule has 2 N–H and O–H groups in total. The van der Waals surface area contributed by atoms with Gasteiger partial charge in [-0.05, 0) is 43.3 Å². The van der Waals surface area contributed by atoms with Gasteiger partial charge in [0.05, 0.1) is 5.69 Å². The summed E-state index contributed by atoms with van der Waals surface area (Å²) in [5.74, 6) is 1.17. The highest BCUT2D eigenvalue weighted by molar-refractivity contribution is 6.30. The van der Waals surface area contributed by atoms with E-state index < -0.39 is 6.10 Å². The van der Waals surface area contributed by atoms with Crippen molar-refractivity contribution in [1.29, 1.82) is 0 Å². The Kier molecular flexibility index (Phi) is 7.36. The number of hydrogen-bond acceptors (Lipinski definition) is 5. The van der Waals surface area contributed by atoms with E-state index in [9.17, 15) is 9.90 Å². The van der Waals surface area contributed by atoms with E-state index in [1.807, 2.05) is 36.4 Å². The number of aliphatic hydroxyl groups is 1. The van der Waals surface area contributed by atoms with Crippen LogP contribution in [0, 0.1) is 0 Å². The molecule has 0 aliphatic carbocycles. The zero-order chi connectivity index (χ0) is 20.8. The number of hydrogen-bond donors (Lipinski definition) is 2. The molecule has 0 radical (unpaired) electrons. The number of halogens is 1. The molecule has 1 aliphatic rings. The van der Waals surface area contributed by atoms with Gasteiger partial charge in [-0.15, -0.1) is 0 Å². The third-order valence-corrected chi connectivity index (χ3v) is 5.11. The van der Waals surface area contributed by atoms with E-state index in [0.29, 0.717) is 29.0 Å². The Balaban J connectivity index is 1.48. The van der Waals surface area contributed by atoms with E-state index in [-0.39, 0.29) is 18.6 Å². The van der Waals surface area contributed by atoms with Crippen LogP contribution in [0.3, 0.4) is 0 Å². The second kappa shape index (κ2) is 9.96. The predicted molar refractivity (Wildman–Crippen MR) is 114 cm³/mol. The second-order valence-corrected chi connectivity index (χ2v) is 7.81. The zero-order valence-corrected chi connectivity index (χ0v) is 17.4. The Morgan fingerprint density at radius 3 is 2.72 bits per heavy atom. The van der Waals surface area contributed by atoms with Crippen molar-refractivity contribution in [3.8, 4) is 11.5 Å². The largest absolute Gasteiger partial charge is 0.489 e. The fraction of sp³-hybridized carbons (Fsp3) is 0.409. The lowest BCUT2D eigenvalue weighted by Crippen LogP contribution is -2.38. The fourth-order valence-corrected chi connectivity index (χ4v) is 3.61. The molecule has 1 amide bonds. The number of rotatable bonds is 8. The van der Waals surface area contributed by atoms with Gasteiger partial charge in [0.15, 0.2) is 0 Å². The molecule has 6 nitrogen and oxygen atoms in total. The molecule has 0 saturated carbocycles. The van der Waals surface area contributed by atoms with Crippen LogP contribution in [0.5, 0.6) is 11.5 Å². The van der Waals surface area contributed by atoms with Crippen molar-refractivity contribution in [2.75, 3.05) is 25.0 Å². The van der Waals surface area contributed by atoms with Gasteiger partial charge in [-0.3, -0.25) is 9.69 Å². The third kappa shape index (κ3) is 6.35. The summed E-state index contributed by atoms with van der Waals surface area (Å²) in [6, 6.07) is 14.8. The van der Waals surface area contributed by atoms with Crippen LogP contribution in [0.25, 0.3) is 0 Å². The molecule has 2 aromatic rings. The van der Waals surface area contributed by atoms with Crippen LogP contribution in [0.2, 0.25) is 5.02 Å². The van der Waals surface area contributed by atoms with Gasteiger partial charge < -0.3 is 19.9 Å². The summed E-state index contributed by atoms with van der Waals surface area (Å²) in [5, 5.41) is 13.9. The smallest absolute Gasteiger partial charge is 0.221 e. The lowest BCUT2D eigenvalue weighted by Gasteiger charge is -2.24. The molecule has 1 aliphatic heterocycles. The summed E-state index contributed by atoms with van der Waals surface area (Å²) in [7, 11) is 0. The maximum Gasteiger partial charge on any atom is 0.221 e. The average Bonchev–Trinajstić information content (AvgIpc) is 3.01. The highest BCUT2D eigenvalue weighted by atomic mass is 35.5. The number of ether oxygens (including phenoxy) is 2. The third-order valence-electron chi connectivity index (χ3n) is 4.86. The van der Waals surface area contributed by atoms with Crippen molar-refractivity contribution in [3.63, 3.8) is 0 Å². The Bertz CT molecular complexity index is 815. The van der Waals surface area contributed by atoms with Crippen molar-refractivity contribution in [3.05, 3.63) is 53.6 Å². The van der Waals surface area contributed by atoms with Crippen molar-refractivity contribution >= 4 is 23.2 Å². The number of para-hydroxylation sites is 2. The van der Waals surface area contributed by atoms with E-state index in [2.05, 4.69) is 17.1 Å². The number of carbonyl (C=O) groups is 1. The minimum atomic E-state index is -0.655. The van der Waals surface area contributed by atoms with Gasteiger partial charge in [-0.2, -0.15) is 0 Å². The molecule has 0 unspecified atom stereocenters. The Morgan fingerprint density at radius 1 is 1.28 bits per heavy atom. The molecule has 156 valence electrons. The molecular formula is C22H27ClN2O4.